The van der Waals surface area contributed by atoms with E-state index in [-0.39, 0.29) is 32.1 Å². The van der Waals surface area contributed by atoms with E-state index < -0.39 is 12.2 Å². The summed E-state index contributed by atoms with van der Waals surface area (Å²) in [7, 11) is 0. The summed E-state index contributed by atoms with van der Waals surface area (Å²) in [4.78, 5) is 13.4. The highest BCUT2D eigenvalue weighted by Crippen LogP contribution is 2.26. The number of nitrogens with zero attached hydrogens (tertiary/aromatic N) is 1. The van der Waals surface area contributed by atoms with Crippen LogP contribution in [0.15, 0.2) is 12.1 Å². The topological polar surface area (TPSA) is 49.8 Å². The first-order chi connectivity index (χ1) is 9.92. The van der Waals surface area contributed by atoms with Gasteiger partial charge in [-0.2, -0.15) is 0 Å². The van der Waals surface area contributed by atoms with Gasteiger partial charge in [-0.25, -0.2) is 4.39 Å². The predicted molar refractivity (Wildman–Crippen MR) is 78.5 cm³/mol. The molecule has 1 heterocycles. The Morgan fingerprint density at radius 2 is 2.10 bits per heavy atom. The van der Waals surface area contributed by atoms with Crippen LogP contribution in [0.25, 0.3) is 0 Å². The van der Waals surface area contributed by atoms with E-state index in [0.717, 1.165) is 11.1 Å². The lowest BCUT2D eigenvalue weighted by molar-refractivity contribution is -0.135. The van der Waals surface area contributed by atoms with Gasteiger partial charge >= 0.3 is 0 Å². The lowest BCUT2D eigenvalue weighted by Gasteiger charge is -2.22. The van der Waals surface area contributed by atoms with Gasteiger partial charge in [-0.15, -0.1) is 0 Å². The Bertz CT molecular complexity index is 515. The molecule has 0 aliphatic carbocycles. The molecule has 1 saturated heterocycles. The summed E-state index contributed by atoms with van der Waals surface area (Å²) in [6.45, 7) is 3.33. The molecule has 0 aromatic heterocycles. The van der Waals surface area contributed by atoms with E-state index >= 15 is 0 Å². The monoisotopic (exact) mass is 315 g/mol. The third-order valence-electron chi connectivity index (χ3n) is 3.67. The maximum Gasteiger partial charge on any atom is 0.260 e. The first kappa shape index (κ1) is 16.0. The average Bonchev–Trinajstić information content (AvgIpc) is 2.83. The van der Waals surface area contributed by atoms with Crippen molar-refractivity contribution in [1.29, 1.82) is 0 Å². The molecule has 1 N–H and O–H groups in total. The molecular formula is C15H19ClFNO3. The van der Waals surface area contributed by atoms with E-state index in [0.29, 0.717) is 10.8 Å². The zero-order valence-electron chi connectivity index (χ0n) is 12.1. The molecular weight excluding hydrogens is 297 g/mol. The van der Waals surface area contributed by atoms with E-state index in [2.05, 4.69) is 0 Å². The number of alkyl halides is 1. The number of hydrogen-bond acceptors (Lipinski definition) is 3. The van der Waals surface area contributed by atoms with Crippen molar-refractivity contribution in [3.05, 3.63) is 28.3 Å². The predicted octanol–water partition coefficient (Wildman–Crippen LogP) is 2.27. The van der Waals surface area contributed by atoms with Crippen molar-refractivity contribution in [3.63, 3.8) is 0 Å². The van der Waals surface area contributed by atoms with Gasteiger partial charge in [-0.1, -0.05) is 11.6 Å². The molecule has 1 aliphatic rings. The van der Waals surface area contributed by atoms with Crippen molar-refractivity contribution >= 4 is 17.5 Å². The molecule has 21 heavy (non-hydrogen) atoms. The SMILES string of the molecule is Cc1cc(OCC(=O)N2C[C@@H](F)C[C@H]2CO)cc(C)c1Cl. The van der Waals surface area contributed by atoms with Crippen LogP contribution in [0.3, 0.4) is 0 Å². The molecule has 2 rings (SSSR count). The third kappa shape index (κ3) is 3.66. The van der Waals surface area contributed by atoms with Crippen LogP contribution in [0, 0.1) is 13.8 Å². The number of ether oxygens (including phenoxy) is 1. The Balaban J connectivity index is 1.98. The van der Waals surface area contributed by atoms with E-state index in [1.54, 1.807) is 12.1 Å². The highest BCUT2D eigenvalue weighted by atomic mass is 35.5. The van der Waals surface area contributed by atoms with Crippen molar-refractivity contribution in [2.45, 2.75) is 32.5 Å². The van der Waals surface area contributed by atoms with Crippen LogP contribution in [0.2, 0.25) is 5.02 Å². The van der Waals surface area contributed by atoms with E-state index in [4.69, 9.17) is 16.3 Å². The number of halogens is 2. The molecule has 1 amide bonds. The molecule has 116 valence electrons. The summed E-state index contributed by atoms with van der Waals surface area (Å²) in [6.07, 6.45) is -0.896. The van der Waals surface area contributed by atoms with Crippen LogP contribution in [0.1, 0.15) is 17.5 Å². The number of aliphatic hydroxyl groups excluding tert-OH is 1. The number of aliphatic hydroxyl groups is 1. The standard InChI is InChI=1S/C15H19ClFNO3/c1-9-3-13(4-10(2)15(9)16)21-8-14(20)18-6-11(17)5-12(18)7-19/h3-4,11-12,19H,5-8H2,1-2H3/t11-,12-/m0/s1. The second-order valence-electron chi connectivity index (χ2n) is 5.38. The number of rotatable bonds is 4. The number of aryl methyl sites for hydroxylation is 2. The van der Waals surface area contributed by atoms with Crippen LogP contribution < -0.4 is 4.74 Å². The smallest absolute Gasteiger partial charge is 0.260 e. The summed E-state index contributed by atoms with van der Waals surface area (Å²) < 4.78 is 18.8. The highest BCUT2D eigenvalue weighted by molar-refractivity contribution is 6.32. The van der Waals surface area contributed by atoms with Gasteiger partial charge in [0.25, 0.3) is 5.91 Å². The van der Waals surface area contributed by atoms with Gasteiger partial charge in [0.1, 0.15) is 11.9 Å². The van der Waals surface area contributed by atoms with Crippen molar-refractivity contribution in [2.75, 3.05) is 19.8 Å². The van der Waals surface area contributed by atoms with Crippen molar-refractivity contribution in [3.8, 4) is 5.75 Å². The van der Waals surface area contributed by atoms with Gasteiger partial charge in [0.05, 0.1) is 19.2 Å². The van der Waals surface area contributed by atoms with Crippen LogP contribution in [-0.2, 0) is 4.79 Å². The summed E-state index contributed by atoms with van der Waals surface area (Å²) in [5, 5.41) is 9.85. The van der Waals surface area contributed by atoms with Crippen molar-refractivity contribution in [2.24, 2.45) is 0 Å². The minimum atomic E-state index is -1.08. The van der Waals surface area contributed by atoms with Gasteiger partial charge < -0.3 is 14.7 Å². The molecule has 4 nitrogen and oxygen atoms in total. The Morgan fingerprint density at radius 1 is 1.48 bits per heavy atom. The van der Waals surface area contributed by atoms with Crippen LogP contribution >= 0.6 is 11.6 Å². The first-order valence-corrected chi connectivity index (χ1v) is 7.24. The lowest BCUT2D eigenvalue weighted by Crippen LogP contribution is -2.40. The average molecular weight is 316 g/mol. The molecule has 1 fully saturated rings. The largest absolute Gasteiger partial charge is 0.484 e. The second kappa shape index (κ2) is 6.62. The molecule has 0 unspecified atom stereocenters. The van der Waals surface area contributed by atoms with Gasteiger partial charge in [-0.05, 0) is 37.1 Å². The van der Waals surface area contributed by atoms with E-state index in [9.17, 15) is 14.3 Å². The molecule has 1 aromatic rings. The van der Waals surface area contributed by atoms with Gasteiger partial charge in [0.15, 0.2) is 6.61 Å². The maximum absolute atomic E-state index is 13.3. The number of amides is 1. The normalized spacial score (nSPS) is 21.7. The molecule has 0 bridgehead atoms. The Kier molecular flexibility index (Phi) is 5.06. The van der Waals surface area contributed by atoms with Crippen LogP contribution in [0.4, 0.5) is 4.39 Å². The number of likely N-dealkylation sites (tertiary alicyclic amines) is 1. The van der Waals surface area contributed by atoms with Crippen molar-refractivity contribution in [1.82, 2.24) is 4.90 Å². The summed E-state index contributed by atoms with van der Waals surface area (Å²) in [6, 6.07) is 3.06. The summed E-state index contributed by atoms with van der Waals surface area (Å²) in [5.74, 6) is 0.235. The second-order valence-corrected chi connectivity index (χ2v) is 5.75. The van der Waals surface area contributed by atoms with Gasteiger partial charge in [0, 0.05) is 11.4 Å². The quantitative estimate of drug-likeness (QED) is 0.927. The number of carbonyl (C=O) groups excluding carboxylic acids is 1. The molecule has 1 aliphatic heterocycles. The molecule has 0 spiro atoms. The van der Waals surface area contributed by atoms with Crippen LogP contribution in [-0.4, -0.2) is 47.9 Å². The van der Waals surface area contributed by atoms with E-state index in [1.807, 2.05) is 13.8 Å². The molecule has 6 heteroatoms. The Morgan fingerprint density at radius 3 is 2.67 bits per heavy atom. The van der Waals surface area contributed by atoms with Gasteiger partial charge in [-0.3, -0.25) is 4.79 Å². The fourth-order valence-electron chi connectivity index (χ4n) is 2.56. The van der Waals surface area contributed by atoms with E-state index in [1.165, 1.54) is 4.90 Å². The third-order valence-corrected chi connectivity index (χ3v) is 4.26. The summed E-state index contributed by atoms with van der Waals surface area (Å²) in [5.41, 5.74) is 1.75. The minimum Gasteiger partial charge on any atom is -0.484 e. The Labute approximate surface area is 128 Å². The zero-order chi connectivity index (χ0) is 15.6. The van der Waals surface area contributed by atoms with Crippen LogP contribution in [0.5, 0.6) is 5.75 Å². The minimum absolute atomic E-state index is 0.0199. The molecule has 0 saturated carbocycles. The first-order valence-electron chi connectivity index (χ1n) is 6.86. The molecule has 2 atom stereocenters. The fourth-order valence-corrected chi connectivity index (χ4v) is 2.66. The number of benzene rings is 1. The van der Waals surface area contributed by atoms with Crippen molar-refractivity contribution < 1.29 is 19.0 Å². The lowest BCUT2D eigenvalue weighted by atomic mass is 10.1. The highest BCUT2D eigenvalue weighted by Gasteiger charge is 2.34. The molecule has 1 aromatic carbocycles. The summed E-state index contributed by atoms with van der Waals surface area (Å²) >= 11 is 6.07. The number of hydrogen-bond donors (Lipinski definition) is 1. The zero-order valence-corrected chi connectivity index (χ0v) is 12.9. The Hall–Kier alpha value is -1.33. The maximum atomic E-state index is 13.3. The number of carbonyl (C=O) groups is 1. The fraction of sp³-hybridized carbons (Fsp3) is 0.533. The van der Waals surface area contributed by atoms with Gasteiger partial charge in [0.2, 0.25) is 0 Å². The molecule has 0 radical (unpaired) electrons.